The molecule has 0 saturated carbocycles. The minimum atomic E-state index is -0.0873. The quantitative estimate of drug-likeness (QED) is 0.738. The van der Waals surface area contributed by atoms with Crippen molar-refractivity contribution < 1.29 is 0 Å². The highest BCUT2D eigenvalue weighted by Crippen LogP contribution is 2.22. The number of aromatic nitrogens is 2. The van der Waals surface area contributed by atoms with Gasteiger partial charge in [-0.05, 0) is 43.0 Å². The highest BCUT2D eigenvalue weighted by Gasteiger charge is 2.10. The Balaban J connectivity index is 1.99. The summed E-state index contributed by atoms with van der Waals surface area (Å²) in [6, 6.07) is 11.5. The van der Waals surface area contributed by atoms with Crippen molar-refractivity contribution in [1.82, 2.24) is 9.78 Å². The zero-order valence-electron chi connectivity index (χ0n) is 11.8. The Labute approximate surface area is 126 Å². The number of nitrogens with one attached hydrogen (secondary N) is 1. The van der Waals surface area contributed by atoms with E-state index in [9.17, 15) is 4.79 Å². The Hall–Kier alpha value is -2.40. The number of aromatic amines is 1. The molecule has 3 rings (SSSR count). The smallest absolute Gasteiger partial charge is 0.280 e. The predicted octanol–water partition coefficient (Wildman–Crippen LogP) is 3.59. The van der Waals surface area contributed by atoms with E-state index in [-0.39, 0.29) is 5.56 Å². The Kier molecular flexibility index (Phi) is 3.58. The average molecular weight is 297 g/mol. The van der Waals surface area contributed by atoms with E-state index < -0.39 is 0 Å². The second-order valence-corrected chi connectivity index (χ2v) is 5.74. The molecular weight excluding hydrogens is 282 g/mol. The average Bonchev–Trinajstić information content (AvgIpc) is 3.02. The minimum absolute atomic E-state index is 0.0873. The summed E-state index contributed by atoms with van der Waals surface area (Å²) < 4.78 is 1.54. The fourth-order valence-electron chi connectivity index (χ4n) is 2.08. The molecular formula is C16H15N3OS. The molecule has 0 aliphatic heterocycles. The van der Waals surface area contributed by atoms with E-state index in [0.717, 1.165) is 16.4 Å². The lowest BCUT2D eigenvalue weighted by Gasteiger charge is -1.99. The largest absolute Gasteiger partial charge is 0.295 e. The van der Waals surface area contributed by atoms with Gasteiger partial charge in [-0.3, -0.25) is 9.89 Å². The van der Waals surface area contributed by atoms with E-state index in [4.69, 9.17) is 0 Å². The van der Waals surface area contributed by atoms with Gasteiger partial charge in [-0.2, -0.15) is 0 Å². The van der Waals surface area contributed by atoms with Crippen LogP contribution in [0.5, 0.6) is 0 Å². The Bertz CT molecular complexity index is 840. The molecule has 0 unspecified atom stereocenters. The molecule has 0 bridgehead atoms. The molecule has 106 valence electrons. The van der Waals surface area contributed by atoms with Gasteiger partial charge in [0.25, 0.3) is 5.56 Å². The summed E-state index contributed by atoms with van der Waals surface area (Å²) in [6.07, 6.45) is 1.64. The summed E-state index contributed by atoms with van der Waals surface area (Å²) in [7, 11) is 0. The lowest BCUT2D eigenvalue weighted by Crippen LogP contribution is -2.16. The van der Waals surface area contributed by atoms with Crippen LogP contribution in [0, 0.1) is 13.8 Å². The zero-order chi connectivity index (χ0) is 14.8. The van der Waals surface area contributed by atoms with Crippen LogP contribution in [-0.2, 0) is 0 Å². The molecule has 21 heavy (non-hydrogen) atoms. The molecule has 0 aliphatic carbocycles. The first-order valence-electron chi connectivity index (χ1n) is 6.61. The lowest BCUT2D eigenvalue weighted by molar-refractivity contribution is 0.835. The number of nitrogens with zero attached hydrogens (tertiary/aromatic N) is 2. The molecule has 3 aromatic rings. The van der Waals surface area contributed by atoms with E-state index in [1.165, 1.54) is 10.2 Å². The third kappa shape index (κ3) is 2.73. The number of aliphatic imine (C=N–C) groups is 1. The van der Waals surface area contributed by atoms with E-state index in [2.05, 4.69) is 10.1 Å². The molecule has 0 atom stereocenters. The van der Waals surface area contributed by atoms with Crippen LogP contribution in [0.3, 0.4) is 0 Å². The van der Waals surface area contributed by atoms with Crippen LogP contribution in [0.1, 0.15) is 16.8 Å². The molecule has 1 N–H and O–H groups in total. The van der Waals surface area contributed by atoms with Crippen LogP contribution in [0.25, 0.3) is 5.69 Å². The van der Waals surface area contributed by atoms with Crippen molar-refractivity contribution in [3.05, 3.63) is 69.0 Å². The second-order valence-electron chi connectivity index (χ2n) is 4.85. The van der Waals surface area contributed by atoms with Gasteiger partial charge in [0.2, 0.25) is 0 Å². The van der Waals surface area contributed by atoms with Crippen LogP contribution in [0.2, 0.25) is 0 Å². The molecule has 0 radical (unpaired) electrons. The zero-order valence-corrected chi connectivity index (χ0v) is 12.6. The third-order valence-corrected chi connectivity index (χ3v) is 4.12. The summed E-state index contributed by atoms with van der Waals surface area (Å²) in [5.41, 5.74) is 3.30. The van der Waals surface area contributed by atoms with Crippen LogP contribution in [0.15, 0.2) is 51.6 Å². The van der Waals surface area contributed by atoms with Gasteiger partial charge in [-0.1, -0.05) is 18.2 Å². The Morgan fingerprint density at radius 1 is 1.24 bits per heavy atom. The Morgan fingerprint density at radius 2 is 2.00 bits per heavy atom. The highest BCUT2D eigenvalue weighted by molar-refractivity contribution is 7.14. The number of H-pyrrole nitrogens is 1. The van der Waals surface area contributed by atoms with E-state index in [0.29, 0.717) is 5.56 Å². The number of thiophene rings is 1. The first-order chi connectivity index (χ1) is 10.1. The molecule has 0 fully saturated rings. The summed E-state index contributed by atoms with van der Waals surface area (Å²) in [5, 5.41) is 6.03. The van der Waals surface area contributed by atoms with Gasteiger partial charge < -0.3 is 0 Å². The first-order valence-corrected chi connectivity index (χ1v) is 7.49. The first kappa shape index (κ1) is 13.6. The van der Waals surface area contributed by atoms with Gasteiger partial charge in [0, 0.05) is 11.9 Å². The topological polar surface area (TPSA) is 50.1 Å². The molecule has 0 spiro atoms. The van der Waals surface area contributed by atoms with Crippen LogP contribution >= 0.6 is 11.3 Å². The maximum absolute atomic E-state index is 12.5. The monoisotopic (exact) mass is 297 g/mol. The van der Waals surface area contributed by atoms with Crippen molar-refractivity contribution in [3.8, 4) is 5.69 Å². The van der Waals surface area contributed by atoms with E-state index in [1.807, 2.05) is 55.6 Å². The molecule has 0 aliphatic rings. The summed E-state index contributed by atoms with van der Waals surface area (Å²) in [5.74, 6) is 0. The van der Waals surface area contributed by atoms with Gasteiger partial charge in [0.05, 0.1) is 11.3 Å². The molecule has 2 aromatic heterocycles. The number of hydrogen-bond donors (Lipinski definition) is 1. The lowest BCUT2D eigenvalue weighted by atomic mass is 10.3. The van der Waals surface area contributed by atoms with Crippen molar-refractivity contribution in [2.75, 3.05) is 0 Å². The fourth-order valence-corrected chi connectivity index (χ4v) is 2.82. The van der Waals surface area contributed by atoms with Gasteiger partial charge in [-0.25, -0.2) is 9.67 Å². The van der Waals surface area contributed by atoms with Crippen molar-refractivity contribution in [3.63, 3.8) is 0 Å². The number of para-hydroxylation sites is 1. The van der Waals surface area contributed by atoms with Crippen LogP contribution < -0.4 is 5.56 Å². The summed E-state index contributed by atoms with van der Waals surface area (Å²) in [6.45, 7) is 3.90. The standard InChI is InChI=1S/C16H15N3OS/c1-11-8-15(21-10-11)17-9-14-12(2)18-19(16(14)20)13-6-4-3-5-7-13/h3-10,18H,1-2H3/b17-9+. The molecule has 5 heteroatoms. The summed E-state index contributed by atoms with van der Waals surface area (Å²) >= 11 is 1.57. The van der Waals surface area contributed by atoms with E-state index in [1.54, 1.807) is 17.6 Å². The number of benzene rings is 1. The minimum Gasteiger partial charge on any atom is -0.295 e. The van der Waals surface area contributed by atoms with Gasteiger partial charge >= 0.3 is 0 Å². The normalized spacial score (nSPS) is 11.3. The fraction of sp³-hybridized carbons (Fsp3) is 0.125. The number of hydrogen-bond acceptors (Lipinski definition) is 3. The number of rotatable bonds is 3. The summed E-state index contributed by atoms with van der Waals surface area (Å²) in [4.78, 5) is 16.8. The Morgan fingerprint density at radius 3 is 2.67 bits per heavy atom. The predicted molar refractivity (Wildman–Crippen MR) is 87.4 cm³/mol. The SMILES string of the molecule is Cc1csc(/N=C/c2c(C)[nH]n(-c3ccccc3)c2=O)c1. The molecule has 2 heterocycles. The number of aryl methyl sites for hydroxylation is 2. The van der Waals surface area contributed by atoms with Crippen molar-refractivity contribution in [2.24, 2.45) is 4.99 Å². The van der Waals surface area contributed by atoms with Gasteiger partial charge in [0.15, 0.2) is 0 Å². The molecule has 1 aromatic carbocycles. The molecule has 0 saturated heterocycles. The maximum atomic E-state index is 12.5. The second kappa shape index (κ2) is 5.54. The van der Waals surface area contributed by atoms with Gasteiger partial charge in [0.1, 0.15) is 5.00 Å². The van der Waals surface area contributed by atoms with Gasteiger partial charge in [-0.15, -0.1) is 11.3 Å². The highest BCUT2D eigenvalue weighted by atomic mass is 32.1. The van der Waals surface area contributed by atoms with Crippen LogP contribution in [0.4, 0.5) is 5.00 Å². The van der Waals surface area contributed by atoms with Crippen molar-refractivity contribution in [2.45, 2.75) is 13.8 Å². The molecule has 0 amide bonds. The van der Waals surface area contributed by atoms with E-state index >= 15 is 0 Å². The molecule has 4 nitrogen and oxygen atoms in total. The van der Waals surface area contributed by atoms with Crippen molar-refractivity contribution >= 4 is 22.6 Å². The maximum Gasteiger partial charge on any atom is 0.280 e. The van der Waals surface area contributed by atoms with Crippen LogP contribution in [-0.4, -0.2) is 16.0 Å². The van der Waals surface area contributed by atoms with Crippen molar-refractivity contribution in [1.29, 1.82) is 0 Å². The third-order valence-electron chi connectivity index (χ3n) is 3.17.